The van der Waals surface area contributed by atoms with Gasteiger partial charge in [0.1, 0.15) is 16.1 Å². The van der Waals surface area contributed by atoms with Crippen LogP contribution in [0.3, 0.4) is 0 Å². The molecule has 0 aromatic carbocycles. The van der Waals surface area contributed by atoms with Crippen LogP contribution in [-0.4, -0.2) is 19.7 Å². The maximum absolute atomic E-state index is 4.46. The lowest BCUT2D eigenvalue weighted by atomic mass is 10.1. The maximum atomic E-state index is 4.46. The number of nitrogens with zero attached hydrogens (tertiary/aromatic N) is 4. The highest BCUT2D eigenvalue weighted by atomic mass is 79.9. The molecule has 0 fully saturated rings. The van der Waals surface area contributed by atoms with Crippen LogP contribution in [0.15, 0.2) is 22.8 Å². The number of fused-ring (bicyclic) bond motifs is 1. The molecule has 3 heterocycles. The van der Waals surface area contributed by atoms with Crippen molar-refractivity contribution in [1.29, 1.82) is 0 Å². The van der Waals surface area contributed by atoms with Crippen LogP contribution < -0.4 is 0 Å². The van der Waals surface area contributed by atoms with Gasteiger partial charge < -0.3 is 4.57 Å². The third-order valence-electron chi connectivity index (χ3n) is 3.25. The molecule has 2 aromatic rings. The van der Waals surface area contributed by atoms with Crippen LogP contribution in [-0.2, 0) is 6.42 Å². The van der Waals surface area contributed by atoms with Crippen molar-refractivity contribution in [1.82, 2.24) is 19.7 Å². The summed E-state index contributed by atoms with van der Waals surface area (Å²) >= 11 is 3.39. The summed E-state index contributed by atoms with van der Waals surface area (Å²) < 4.78 is 3.08. The second-order valence-electron chi connectivity index (χ2n) is 4.26. The topological polar surface area (TPSA) is 43.6 Å². The summed E-state index contributed by atoms with van der Waals surface area (Å²) in [7, 11) is 0. The molecule has 1 aliphatic heterocycles. The Morgan fingerprint density at radius 1 is 1.41 bits per heavy atom. The van der Waals surface area contributed by atoms with Gasteiger partial charge >= 0.3 is 0 Å². The monoisotopic (exact) mass is 292 g/mol. The van der Waals surface area contributed by atoms with Crippen molar-refractivity contribution in [3.63, 3.8) is 0 Å². The van der Waals surface area contributed by atoms with Crippen molar-refractivity contribution in [2.45, 2.75) is 32.2 Å². The number of aryl methyl sites for hydroxylation is 1. The average molecular weight is 293 g/mol. The standard InChI is InChI=1S/C12H13BrN4/c1-2-8-6-7-11-15-16-12(17(8)11)9-4-3-5-10(13)14-9/h3-5,8H,2,6-7H2,1H3/t8-/m0/s1. The van der Waals surface area contributed by atoms with Gasteiger partial charge in [-0.15, -0.1) is 10.2 Å². The molecule has 0 unspecified atom stereocenters. The van der Waals surface area contributed by atoms with Crippen LogP contribution in [0.2, 0.25) is 0 Å². The SMILES string of the molecule is CC[C@H]1CCc2nnc(-c3cccc(Br)n3)n21. The Kier molecular flexibility index (Phi) is 2.70. The Hall–Kier alpha value is -1.23. The molecule has 3 rings (SSSR count). The van der Waals surface area contributed by atoms with E-state index in [2.05, 4.69) is 42.6 Å². The molecule has 0 saturated heterocycles. The molecule has 0 amide bonds. The summed E-state index contributed by atoms with van der Waals surface area (Å²) in [4.78, 5) is 4.46. The number of halogens is 1. The van der Waals surface area contributed by atoms with Crippen molar-refractivity contribution in [3.8, 4) is 11.5 Å². The van der Waals surface area contributed by atoms with Crippen molar-refractivity contribution in [3.05, 3.63) is 28.6 Å². The van der Waals surface area contributed by atoms with Crippen molar-refractivity contribution >= 4 is 15.9 Å². The van der Waals surface area contributed by atoms with Gasteiger partial charge in [-0.25, -0.2) is 4.98 Å². The first kappa shape index (κ1) is 10.9. The fourth-order valence-electron chi connectivity index (χ4n) is 2.40. The first-order valence-corrected chi connectivity index (χ1v) is 6.65. The molecule has 0 bridgehead atoms. The quantitative estimate of drug-likeness (QED) is 0.799. The Balaban J connectivity index is 2.11. The second-order valence-corrected chi connectivity index (χ2v) is 5.07. The van der Waals surface area contributed by atoms with Gasteiger partial charge in [0.15, 0.2) is 5.82 Å². The van der Waals surface area contributed by atoms with E-state index in [9.17, 15) is 0 Å². The maximum Gasteiger partial charge on any atom is 0.182 e. The van der Waals surface area contributed by atoms with Gasteiger partial charge in [0.2, 0.25) is 0 Å². The largest absolute Gasteiger partial charge is 0.307 e. The predicted octanol–water partition coefficient (Wildman–Crippen LogP) is 3.00. The lowest BCUT2D eigenvalue weighted by Crippen LogP contribution is -2.05. The highest BCUT2D eigenvalue weighted by Crippen LogP contribution is 2.32. The molecule has 17 heavy (non-hydrogen) atoms. The molecule has 0 N–H and O–H groups in total. The molecule has 2 aromatic heterocycles. The third kappa shape index (κ3) is 1.78. The molecule has 1 atom stereocenters. The van der Waals surface area contributed by atoms with E-state index >= 15 is 0 Å². The lowest BCUT2D eigenvalue weighted by Gasteiger charge is -2.12. The van der Waals surface area contributed by atoms with E-state index in [1.165, 1.54) is 6.42 Å². The third-order valence-corrected chi connectivity index (χ3v) is 3.69. The summed E-state index contributed by atoms with van der Waals surface area (Å²) in [5.41, 5.74) is 0.887. The molecule has 0 aliphatic carbocycles. The van der Waals surface area contributed by atoms with E-state index in [1.54, 1.807) is 0 Å². The van der Waals surface area contributed by atoms with Gasteiger partial charge in [0.25, 0.3) is 0 Å². The number of hydrogen-bond acceptors (Lipinski definition) is 3. The minimum Gasteiger partial charge on any atom is -0.307 e. The summed E-state index contributed by atoms with van der Waals surface area (Å²) in [5.74, 6) is 1.99. The number of pyridine rings is 1. The van der Waals surface area contributed by atoms with Crippen LogP contribution in [0.25, 0.3) is 11.5 Å². The number of hydrogen-bond donors (Lipinski definition) is 0. The van der Waals surface area contributed by atoms with Gasteiger partial charge in [-0.2, -0.15) is 0 Å². The smallest absolute Gasteiger partial charge is 0.182 e. The van der Waals surface area contributed by atoms with Crippen molar-refractivity contribution in [2.75, 3.05) is 0 Å². The second kappa shape index (κ2) is 4.22. The molecule has 0 saturated carbocycles. The molecule has 4 nitrogen and oxygen atoms in total. The highest BCUT2D eigenvalue weighted by molar-refractivity contribution is 9.10. The highest BCUT2D eigenvalue weighted by Gasteiger charge is 2.26. The van der Waals surface area contributed by atoms with E-state index in [0.717, 1.165) is 34.8 Å². The van der Waals surface area contributed by atoms with E-state index in [-0.39, 0.29) is 0 Å². The van der Waals surface area contributed by atoms with Gasteiger partial charge in [-0.1, -0.05) is 13.0 Å². The summed E-state index contributed by atoms with van der Waals surface area (Å²) in [6.07, 6.45) is 3.31. The minimum atomic E-state index is 0.524. The van der Waals surface area contributed by atoms with Gasteiger partial charge in [0.05, 0.1) is 0 Å². The van der Waals surface area contributed by atoms with Gasteiger partial charge in [-0.3, -0.25) is 0 Å². The molecular weight excluding hydrogens is 280 g/mol. The van der Waals surface area contributed by atoms with E-state index in [4.69, 9.17) is 0 Å². The zero-order valence-electron chi connectivity index (χ0n) is 9.60. The molecule has 5 heteroatoms. The van der Waals surface area contributed by atoms with Crippen molar-refractivity contribution < 1.29 is 0 Å². The van der Waals surface area contributed by atoms with E-state index < -0.39 is 0 Å². The van der Waals surface area contributed by atoms with E-state index in [0.29, 0.717) is 6.04 Å². The van der Waals surface area contributed by atoms with E-state index in [1.807, 2.05) is 18.2 Å². The van der Waals surface area contributed by atoms with Crippen LogP contribution in [0.4, 0.5) is 0 Å². The van der Waals surface area contributed by atoms with Crippen LogP contribution in [0, 0.1) is 0 Å². The Labute approximate surface area is 108 Å². The zero-order chi connectivity index (χ0) is 11.8. The first-order valence-electron chi connectivity index (χ1n) is 5.86. The molecule has 88 valence electrons. The lowest BCUT2D eigenvalue weighted by molar-refractivity contribution is 0.513. The van der Waals surface area contributed by atoms with Crippen LogP contribution in [0.5, 0.6) is 0 Å². The summed E-state index contributed by atoms with van der Waals surface area (Å²) in [6, 6.07) is 6.40. The van der Waals surface area contributed by atoms with Crippen molar-refractivity contribution in [2.24, 2.45) is 0 Å². The molecule has 0 radical (unpaired) electrons. The summed E-state index contributed by atoms with van der Waals surface area (Å²) in [6.45, 7) is 2.21. The Morgan fingerprint density at radius 2 is 2.29 bits per heavy atom. The average Bonchev–Trinajstić information content (AvgIpc) is 2.89. The minimum absolute atomic E-state index is 0.524. The normalized spacial score (nSPS) is 18.4. The molecule has 0 spiro atoms. The van der Waals surface area contributed by atoms with Gasteiger partial charge in [0, 0.05) is 12.5 Å². The van der Waals surface area contributed by atoms with Crippen LogP contribution >= 0.6 is 15.9 Å². The summed E-state index contributed by atoms with van der Waals surface area (Å²) in [5, 5.41) is 8.54. The Bertz CT molecular complexity index is 549. The number of aromatic nitrogens is 4. The molecular formula is C12H13BrN4. The number of rotatable bonds is 2. The molecule has 1 aliphatic rings. The predicted molar refractivity (Wildman–Crippen MR) is 68.6 cm³/mol. The zero-order valence-corrected chi connectivity index (χ0v) is 11.2. The fraction of sp³-hybridized carbons (Fsp3) is 0.417. The Morgan fingerprint density at radius 3 is 3.06 bits per heavy atom. The first-order chi connectivity index (χ1) is 8.29. The van der Waals surface area contributed by atoms with Crippen LogP contribution in [0.1, 0.15) is 31.6 Å². The fourth-order valence-corrected chi connectivity index (χ4v) is 2.74. The van der Waals surface area contributed by atoms with Gasteiger partial charge in [-0.05, 0) is 40.9 Å².